The number of esters is 3. The normalized spacial score (nSPS) is 24.0. The summed E-state index contributed by atoms with van der Waals surface area (Å²) in [6.07, 6.45) is -1.90. The fraction of sp³-hybridized carbons (Fsp3) is 0.667. The molecule has 0 bridgehead atoms. The van der Waals surface area contributed by atoms with Gasteiger partial charge in [0, 0.05) is 33.9 Å². The summed E-state index contributed by atoms with van der Waals surface area (Å²) in [5.41, 5.74) is 0. The van der Waals surface area contributed by atoms with Gasteiger partial charge in [-0.05, 0) is 6.92 Å². The van der Waals surface area contributed by atoms with Crippen LogP contribution in [0.25, 0.3) is 0 Å². The summed E-state index contributed by atoms with van der Waals surface area (Å²) >= 11 is 0. The molecular formula is C15H22HgO10. The van der Waals surface area contributed by atoms with Crippen LogP contribution in [0.1, 0.15) is 27.7 Å². The molecule has 1 fully saturated rings. The fourth-order valence-electron chi connectivity index (χ4n) is 1.87. The number of carbonyl (C=O) groups excluding carboxylic acids is 4. The Morgan fingerprint density at radius 1 is 1.00 bits per heavy atom. The van der Waals surface area contributed by atoms with Crippen molar-refractivity contribution in [1.29, 1.82) is 0 Å². The van der Waals surface area contributed by atoms with Gasteiger partial charge in [-0.25, -0.2) is 0 Å². The minimum atomic E-state index is -1.08. The number of carbonyl (C=O) groups is 4. The van der Waals surface area contributed by atoms with Crippen LogP contribution in [0.2, 0.25) is 0 Å². The van der Waals surface area contributed by atoms with Gasteiger partial charge in [-0.2, -0.15) is 0 Å². The Kier molecular flexibility index (Phi) is 14.4. The van der Waals surface area contributed by atoms with Crippen molar-refractivity contribution in [2.24, 2.45) is 0 Å². The average molecular weight is 563 g/mol. The predicted octanol–water partition coefficient (Wildman–Crippen LogP) is -1.26. The molecule has 0 aromatic carbocycles. The van der Waals surface area contributed by atoms with Crippen molar-refractivity contribution in [1.82, 2.24) is 0 Å². The van der Waals surface area contributed by atoms with Crippen molar-refractivity contribution in [3.05, 3.63) is 6.42 Å². The van der Waals surface area contributed by atoms with E-state index in [1.165, 1.54) is 34.3 Å². The van der Waals surface area contributed by atoms with Crippen LogP contribution in [0.4, 0.5) is 0 Å². The molecule has 0 saturated carbocycles. The first kappa shape index (κ1) is 27.0. The third-order valence-electron chi connectivity index (χ3n) is 2.63. The van der Waals surface area contributed by atoms with Crippen molar-refractivity contribution >= 4 is 23.9 Å². The van der Waals surface area contributed by atoms with Gasteiger partial charge in [0.15, 0.2) is 12.4 Å². The second-order valence-electron chi connectivity index (χ2n) is 4.91. The standard InChI is InChI=1S/C13H19O8.C2H4O2.Hg/c1-7(14)18-6-11-13(20-9(3)16)10(19-8(2)15)5-12(17-4)21-11;1-2(3)4;/h5,10-13H,6H2,1-4H3;1H3,(H,3,4);/q;;+1/p-1/t10-,11-,12-,13+;;/m1../s1. The van der Waals surface area contributed by atoms with Gasteiger partial charge in [0.05, 0.1) is 6.42 Å². The molecular weight excluding hydrogens is 541 g/mol. The molecule has 26 heavy (non-hydrogen) atoms. The molecule has 0 unspecified atom stereocenters. The van der Waals surface area contributed by atoms with Crippen LogP contribution in [-0.2, 0) is 70.5 Å². The summed E-state index contributed by atoms with van der Waals surface area (Å²) in [7, 11) is 1.40. The Morgan fingerprint density at radius 3 is 1.88 bits per heavy atom. The van der Waals surface area contributed by atoms with E-state index >= 15 is 0 Å². The van der Waals surface area contributed by atoms with Gasteiger partial charge in [-0.1, -0.05) is 0 Å². The molecule has 0 aliphatic carbocycles. The first-order valence-electron chi connectivity index (χ1n) is 7.25. The van der Waals surface area contributed by atoms with Crippen molar-refractivity contribution < 1.29 is 75.6 Å². The predicted molar refractivity (Wildman–Crippen MR) is 78.4 cm³/mol. The molecule has 4 atom stereocenters. The van der Waals surface area contributed by atoms with E-state index in [1.54, 1.807) is 0 Å². The topological polar surface area (TPSA) is 137 Å². The minimum Gasteiger partial charge on any atom is -0.550 e. The van der Waals surface area contributed by atoms with Crippen LogP contribution >= 0.6 is 0 Å². The monoisotopic (exact) mass is 564 g/mol. The van der Waals surface area contributed by atoms with E-state index in [4.69, 9.17) is 33.6 Å². The number of rotatable bonds is 5. The van der Waals surface area contributed by atoms with Crippen molar-refractivity contribution in [2.75, 3.05) is 13.7 Å². The summed E-state index contributed by atoms with van der Waals surface area (Å²) in [6.45, 7) is 4.51. The number of hydrogen-bond acceptors (Lipinski definition) is 10. The molecule has 1 saturated heterocycles. The second kappa shape index (κ2) is 13.9. The minimum absolute atomic E-state index is 0. The molecule has 1 aliphatic rings. The largest absolute Gasteiger partial charge is 1.00 e. The van der Waals surface area contributed by atoms with Crippen LogP contribution in [0.5, 0.6) is 0 Å². The van der Waals surface area contributed by atoms with Gasteiger partial charge in [-0.3, -0.25) is 14.4 Å². The maximum atomic E-state index is 11.2. The molecule has 0 aromatic rings. The smallest absolute Gasteiger partial charge is 0.550 e. The first-order valence-corrected chi connectivity index (χ1v) is 7.25. The molecule has 0 spiro atoms. The van der Waals surface area contributed by atoms with E-state index in [1.807, 2.05) is 0 Å². The quantitative estimate of drug-likeness (QED) is 0.227. The van der Waals surface area contributed by atoms with E-state index in [0.717, 1.165) is 6.92 Å². The van der Waals surface area contributed by atoms with Crippen LogP contribution in [-0.4, -0.2) is 62.2 Å². The molecule has 1 aliphatic heterocycles. The van der Waals surface area contributed by atoms with Gasteiger partial charge in [-0.15, -0.1) is 0 Å². The number of aliphatic carboxylic acids is 1. The summed E-state index contributed by atoms with van der Waals surface area (Å²) < 4.78 is 25.6. The van der Waals surface area contributed by atoms with Crippen LogP contribution in [0.15, 0.2) is 0 Å². The molecule has 144 valence electrons. The third-order valence-corrected chi connectivity index (χ3v) is 2.63. The molecule has 1 heterocycles. The van der Waals surface area contributed by atoms with Crippen LogP contribution < -0.4 is 5.11 Å². The van der Waals surface area contributed by atoms with Gasteiger partial charge in [0.1, 0.15) is 18.8 Å². The summed E-state index contributed by atoms with van der Waals surface area (Å²) in [5, 5.41) is 8.89. The van der Waals surface area contributed by atoms with Gasteiger partial charge in [0.25, 0.3) is 0 Å². The van der Waals surface area contributed by atoms with Gasteiger partial charge < -0.3 is 33.6 Å². The Bertz CT molecular complexity index is 477. The van der Waals surface area contributed by atoms with E-state index < -0.39 is 48.5 Å². The zero-order valence-corrected chi connectivity index (χ0v) is 20.9. The molecule has 0 aromatic heterocycles. The zero-order chi connectivity index (χ0) is 19.6. The van der Waals surface area contributed by atoms with Crippen molar-refractivity contribution in [2.45, 2.75) is 52.3 Å². The number of ether oxygens (including phenoxy) is 5. The third kappa shape index (κ3) is 12.1. The van der Waals surface area contributed by atoms with Gasteiger partial charge in [0.2, 0.25) is 0 Å². The number of carboxylic acid groups (broad SMARTS) is 1. The average Bonchev–Trinajstić information content (AvgIpc) is 2.45. The number of hydrogen-bond donors (Lipinski definition) is 0. The van der Waals surface area contributed by atoms with Crippen LogP contribution in [0.3, 0.4) is 0 Å². The Labute approximate surface area is 171 Å². The van der Waals surface area contributed by atoms with E-state index in [0.29, 0.717) is 0 Å². The van der Waals surface area contributed by atoms with Crippen LogP contribution in [0, 0.1) is 6.42 Å². The molecule has 2 radical (unpaired) electrons. The maximum absolute atomic E-state index is 11.2. The maximum Gasteiger partial charge on any atom is 1.00 e. The molecule has 10 nitrogen and oxygen atoms in total. The SMILES string of the molecule is CC(=O)[O-].CO[C@H]1[CH][C@@H](OC(C)=O)[C@H](OC(C)=O)[C@@H](COC(C)=O)O1.[Hg+]. The van der Waals surface area contributed by atoms with Crippen molar-refractivity contribution in [3.63, 3.8) is 0 Å². The molecule has 0 N–H and O–H groups in total. The Balaban J connectivity index is 0. The zero-order valence-electron chi connectivity index (χ0n) is 15.4. The Morgan fingerprint density at radius 2 is 1.50 bits per heavy atom. The van der Waals surface area contributed by atoms with E-state index in [-0.39, 0.29) is 34.3 Å². The second-order valence-corrected chi connectivity index (χ2v) is 4.91. The van der Waals surface area contributed by atoms with Gasteiger partial charge >= 0.3 is 45.6 Å². The van der Waals surface area contributed by atoms with E-state index in [9.17, 15) is 14.4 Å². The van der Waals surface area contributed by atoms with E-state index in [2.05, 4.69) is 0 Å². The van der Waals surface area contributed by atoms with Crippen molar-refractivity contribution in [3.8, 4) is 0 Å². The molecule has 11 heteroatoms. The Hall–Kier alpha value is -1.26. The molecule has 0 amide bonds. The summed E-state index contributed by atoms with van der Waals surface area (Å²) in [6, 6.07) is 0. The summed E-state index contributed by atoms with van der Waals surface area (Å²) in [4.78, 5) is 42.2. The first-order chi connectivity index (χ1) is 11.6. The number of methoxy groups -OCH3 is 1. The summed E-state index contributed by atoms with van der Waals surface area (Å²) in [5.74, 6) is -2.71. The molecule has 1 rings (SSSR count). The fourth-order valence-corrected chi connectivity index (χ4v) is 1.87. The number of carboxylic acids is 1.